The number of hydrogen-bond donors (Lipinski definition) is 2. The lowest BCUT2D eigenvalue weighted by Gasteiger charge is -2.56. The van der Waals surface area contributed by atoms with E-state index in [1.165, 1.54) is 58.8 Å². The summed E-state index contributed by atoms with van der Waals surface area (Å²) in [6.07, 6.45) is 11.0. The standard InChI is InChI=1S/C23H29ClN2O4/c1-29-19-9-14(8-18(24)22(19)30-2)3-4-20(27)25-26-21(28)13-23-10-15-5-16(11-23)7-17(6-15)12-23/h3-4,8-9,15-17H,5-7,10-13H2,1-2H3,(H,25,27)(H,26,28)/b4-3+. The summed E-state index contributed by atoms with van der Waals surface area (Å²) in [4.78, 5) is 24.7. The minimum absolute atomic E-state index is 0.104. The number of benzene rings is 1. The van der Waals surface area contributed by atoms with Crippen molar-refractivity contribution in [3.63, 3.8) is 0 Å². The van der Waals surface area contributed by atoms with E-state index >= 15 is 0 Å². The molecule has 1 aromatic carbocycles. The van der Waals surface area contributed by atoms with Crippen molar-refractivity contribution in [3.8, 4) is 11.5 Å². The fourth-order valence-corrected chi connectivity index (χ4v) is 6.57. The highest BCUT2D eigenvalue weighted by Crippen LogP contribution is 2.61. The van der Waals surface area contributed by atoms with Gasteiger partial charge in [0.15, 0.2) is 11.5 Å². The molecule has 4 aliphatic carbocycles. The predicted molar refractivity (Wildman–Crippen MR) is 115 cm³/mol. The van der Waals surface area contributed by atoms with Gasteiger partial charge in [-0.25, -0.2) is 0 Å². The molecule has 7 heteroatoms. The van der Waals surface area contributed by atoms with E-state index < -0.39 is 5.91 Å². The van der Waals surface area contributed by atoms with Crippen LogP contribution in [-0.2, 0) is 9.59 Å². The molecule has 0 spiro atoms. The molecule has 0 radical (unpaired) electrons. The van der Waals surface area contributed by atoms with E-state index in [0.717, 1.165) is 17.8 Å². The Bertz CT molecular complexity index is 832. The van der Waals surface area contributed by atoms with Gasteiger partial charge >= 0.3 is 0 Å². The van der Waals surface area contributed by atoms with E-state index in [1.807, 2.05) is 0 Å². The van der Waals surface area contributed by atoms with E-state index in [1.54, 1.807) is 18.2 Å². The lowest BCUT2D eigenvalue weighted by atomic mass is 9.49. The summed E-state index contributed by atoms with van der Waals surface area (Å²) < 4.78 is 10.5. The lowest BCUT2D eigenvalue weighted by Crippen LogP contribution is -2.49. The molecule has 4 bridgehead atoms. The van der Waals surface area contributed by atoms with Gasteiger partial charge in [-0.3, -0.25) is 20.4 Å². The van der Waals surface area contributed by atoms with Crippen molar-refractivity contribution in [1.82, 2.24) is 10.9 Å². The van der Waals surface area contributed by atoms with Crippen molar-refractivity contribution in [2.75, 3.05) is 14.2 Å². The maximum Gasteiger partial charge on any atom is 0.262 e. The van der Waals surface area contributed by atoms with Gasteiger partial charge in [0.2, 0.25) is 5.91 Å². The first kappa shape index (κ1) is 21.0. The smallest absolute Gasteiger partial charge is 0.262 e. The SMILES string of the molecule is COc1cc(/C=C/C(=O)NNC(=O)CC23CC4CC(CC(C4)C2)C3)cc(Cl)c1OC. The normalized spacial score (nSPS) is 29.1. The second-order valence-corrected chi connectivity index (χ2v) is 9.61. The van der Waals surface area contributed by atoms with Crippen LogP contribution in [0.25, 0.3) is 6.08 Å². The molecule has 162 valence electrons. The number of rotatable bonds is 6. The maximum absolute atomic E-state index is 12.5. The molecule has 0 heterocycles. The topological polar surface area (TPSA) is 76.7 Å². The Balaban J connectivity index is 1.30. The largest absolute Gasteiger partial charge is 0.493 e. The van der Waals surface area contributed by atoms with Crippen molar-refractivity contribution >= 4 is 29.5 Å². The van der Waals surface area contributed by atoms with E-state index in [4.69, 9.17) is 21.1 Å². The van der Waals surface area contributed by atoms with Crippen LogP contribution < -0.4 is 20.3 Å². The van der Waals surface area contributed by atoms with Crippen LogP contribution in [0.1, 0.15) is 50.5 Å². The van der Waals surface area contributed by atoms with Gasteiger partial charge in [-0.1, -0.05) is 11.6 Å². The molecule has 0 aliphatic heterocycles. The van der Waals surface area contributed by atoms with Gasteiger partial charge in [-0.05, 0) is 85.5 Å². The average molecular weight is 433 g/mol. The molecule has 2 N–H and O–H groups in total. The molecule has 1 aromatic rings. The van der Waals surface area contributed by atoms with Gasteiger partial charge in [-0.15, -0.1) is 0 Å². The highest BCUT2D eigenvalue weighted by Gasteiger charge is 2.51. The zero-order valence-electron chi connectivity index (χ0n) is 17.5. The zero-order chi connectivity index (χ0) is 21.3. The molecule has 4 saturated carbocycles. The van der Waals surface area contributed by atoms with Crippen molar-refractivity contribution in [1.29, 1.82) is 0 Å². The molecule has 2 amide bonds. The van der Waals surface area contributed by atoms with Crippen molar-refractivity contribution in [2.45, 2.75) is 44.9 Å². The van der Waals surface area contributed by atoms with Crippen molar-refractivity contribution in [2.24, 2.45) is 23.2 Å². The van der Waals surface area contributed by atoms with Crippen LogP contribution >= 0.6 is 11.6 Å². The Kier molecular flexibility index (Phi) is 5.96. The molecule has 5 rings (SSSR count). The molecule has 6 nitrogen and oxygen atoms in total. The van der Waals surface area contributed by atoms with Gasteiger partial charge in [0.05, 0.1) is 19.2 Å². The quantitative estimate of drug-likeness (QED) is 0.523. The summed E-state index contributed by atoms with van der Waals surface area (Å²) in [5.41, 5.74) is 5.91. The van der Waals surface area contributed by atoms with E-state index in [2.05, 4.69) is 10.9 Å². The number of carbonyl (C=O) groups excluding carboxylic acids is 2. The monoisotopic (exact) mass is 432 g/mol. The zero-order valence-corrected chi connectivity index (χ0v) is 18.3. The fourth-order valence-electron chi connectivity index (χ4n) is 6.27. The minimum atomic E-state index is -0.403. The predicted octanol–water partition coefficient (Wildman–Crippen LogP) is 4.12. The van der Waals surface area contributed by atoms with E-state index in [-0.39, 0.29) is 11.3 Å². The second-order valence-electron chi connectivity index (χ2n) is 9.20. The lowest BCUT2D eigenvalue weighted by molar-refractivity contribution is -0.133. The third-order valence-electron chi connectivity index (χ3n) is 6.91. The molecular formula is C23H29ClN2O4. The summed E-state index contributed by atoms with van der Waals surface area (Å²) in [7, 11) is 3.03. The van der Waals surface area contributed by atoms with Gasteiger partial charge < -0.3 is 9.47 Å². The van der Waals surface area contributed by atoms with Crippen LogP contribution in [0.15, 0.2) is 18.2 Å². The number of amides is 2. The number of halogens is 1. The van der Waals surface area contributed by atoms with Crippen LogP contribution in [0.4, 0.5) is 0 Å². The molecular weight excluding hydrogens is 404 g/mol. The number of hydrazine groups is 1. The summed E-state index contributed by atoms with van der Waals surface area (Å²) in [6, 6.07) is 3.40. The molecule has 0 unspecified atom stereocenters. The average Bonchev–Trinajstić information content (AvgIpc) is 2.68. The molecule has 0 atom stereocenters. The number of nitrogens with one attached hydrogen (secondary N) is 2. The van der Waals surface area contributed by atoms with Crippen LogP contribution in [0.5, 0.6) is 11.5 Å². The number of hydrogen-bond acceptors (Lipinski definition) is 4. The molecule has 4 fully saturated rings. The number of methoxy groups -OCH3 is 2. The molecule has 0 saturated heterocycles. The third-order valence-corrected chi connectivity index (χ3v) is 7.19. The number of carbonyl (C=O) groups is 2. The Morgan fingerprint density at radius 3 is 2.27 bits per heavy atom. The number of ether oxygens (including phenoxy) is 2. The Labute approximate surface area is 182 Å². The highest BCUT2D eigenvalue weighted by atomic mass is 35.5. The maximum atomic E-state index is 12.5. The first-order valence-corrected chi connectivity index (χ1v) is 11.0. The van der Waals surface area contributed by atoms with Crippen LogP contribution in [0, 0.1) is 23.2 Å². The minimum Gasteiger partial charge on any atom is -0.493 e. The highest BCUT2D eigenvalue weighted by molar-refractivity contribution is 6.32. The summed E-state index contributed by atoms with van der Waals surface area (Å²) >= 11 is 6.18. The van der Waals surface area contributed by atoms with Crippen LogP contribution in [-0.4, -0.2) is 26.0 Å². The Morgan fingerprint density at radius 2 is 1.70 bits per heavy atom. The molecule has 4 aliphatic rings. The van der Waals surface area contributed by atoms with Crippen LogP contribution in [0.3, 0.4) is 0 Å². The first-order chi connectivity index (χ1) is 14.4. The van der Waals surface area contributed by atoms with Gasteiger partial charge in [0, 0.05) is 12.5 Å². The Hall–Kier alpha value is -2.21. The van der Waals surface area contributed by atoms with Crippen LogP contribution in [0.2, 0.25) is 5.02 Å². The summed E-state index contributed by atoms with van der Waals surface area (Å²) in [5, 5.41) is 0.390. The third kappa shape index (κ3) is 4.43. The molecule has 30 heavy (non-hydrogen) atoms. The first-order valence-electron chi connectivity index (χ1n) is 10.6. The Morgan fingerprint density at radius 1 is 1.07 bits per heavy atom. The van der Waals surface area contributed by atoms with Gasteiger partial charge in [0.25, 0.3) is 5.91 Å². The van der Waals surface area contributed by atoms with Gasteiger partial charge in [0.1, 0.15) is 0 Å². The van der Waals surface area contributed by atoms with Gasteiger partial charge in [-0.2, -0.15) is 0 Å². The van der Waals surface area contributed by atoms with Crippen molar-refractivity contribution in [3.05, 3.63) is 28.8 Å². The summed E-state index contributed by atoms with van der Waals surface area (Å²) in [5.74, 6) is 2.82. The summed E-state index contributed by atoms with van der Waals surface area (Å²) in [6.45, 7) is 0. The van der Waals surface area contributed by atoms with E-state index in [0.29, 0.717) is 28.5 Å². The van der Waals surface area contributed by atoms with Crippen molar-refractivity contribution < 1.29 is 19.1 Å². The van der Waals surface area contributed by atoms with E-state index in [9.17, 15) is 9.59 Å². The second kappa shape index (κ2) is 8.50. The fraction of sp³-hybridized carbons (Fsp3) is 0.565. The molecule has 0 aromatic heterocycles.